The molecule has 0 saturated heterocycles. The molecule has 0 spiro atoms. The van der Waals surface area contributed by atoms with E-state index in [9.17, 15) is 0 Å². The van der Waals surface area contributed by atoms with Crippen molar-refractivity contribution in [3.8, 4) is 0 Å². The number of aliphatic hydroxyl groups excluding tert-OH is 1. The summed E-state index contributed by atoms with van der Waals surface area (Å²) >= 11 is 0. The highest BCUT2D eigenvalue weighted by molar-refractivity contribution is 4.60. The summed E-state index contributed by atoms with van der Waals surface area (Å²) in [6.45, 7) is 0.417. The van der Waals surface area contributed by atoms with Crippen molar-refractivity contribution in [2.75, 3.05) is 6.61 Å². The third kappa shape index (κ3) is 4.10. The van der Waals surface area contributed by atoms with Crippen LogP contribution in [0.25, 0.3) is 0 Å². The largest absolute Gasteiger partial charge is 0.396 e. The molecule has 1 aliphatic rings. The van der Waals surface area contributed by atoms with Gasteiger partial charge in [0.2, 0.25) is 0 Å². The zero-order valence-corrected chi connectivity index (χ0v) is 8.10. The molecule has 0 aliphatic heterocycles. The first-order valence-electron chi connectivity index (χ1n) is 5.54. The lowest BCUT2D eigenvalue weighted by atomic mass is 9.93. The summed E-state index contributed by atoms with van der Waals surface area (Å²) in [5.41, 5.74) is 0. The summed E-state index contributed by atoms with van der Waals surface area (Å²) in [6.07, 6.45) is 12.2. The molecule has 1 rings (SSSR count). The molecule has 1 aliphatic carbocycles. The Morgan fingerprint density at radius 3 is 1.58 bits per heavy atom. The van der Waals surface area contributed by atoms with E-state index in [1.807, 2.05) is 0 Å². The first-order chi connectivity index (χ1) is 5.93. The first kappa shape index (κ1) is 10.0. The Morgan fingerprint density at radius 1 is 0.750 bits per heavy atom. The van der Waals surface area contributed by atoms with E-state index in [1.54, 1.807) is 0 Å². The topological polar surface area (TPSA) is 20.2 Å². The summed E-state index contributed by atoms with van der Waals surface area (Å²) in [7, 11) is 0. The van der Waals surface area contributed by atoms with Crippen LogP contribution in [0.3, 0.4) is 0 Å². The molecule has 0 aromatic rings. The average molecular weight is 170 g/mol. The molecule has 0 aromatic carbocycles. The number of rotatable bonds is 1. The van der Waals surface area contributed by atoms with Crippen molar-refractivity contribution in [3.63, 3.8) is 0 Å². The van der Waals surface area contributed by atoms with Gasteiger partial charge in [0, 0.05) is 6.61 Å². The molecular formula is C11H22O. The molecular weight excluding hydrogens is 148 g/mol. The fourth-order valence-electron chi connectivity index (χ4n) is 2.08. The van der Waals surface area contributed by atoms with E-state index in [0.29, 0.717) is 12.5 Å². The van der Waals surface area contributed by atoms with Crippen molar-refractivity contribution >= 4 is 0 Å². The molecule has 1 N–H and O–H groups in total. The monoisotopic (exact) mass is 170 g/mol. The molecule has 1 saturated carbocycles. The molecule has 1 nitrogen and oxygen atoms in total. The van der Waals surface area contributed by atoms with Gasteiger partial charge < -0.3 is 5.11 Å². The van der Waals surface area contributed by atoms with Gasteiger partial charge in [-0.3, -0.25) is 0 Å². The Morgan fingerprint density at radius 2 is 1.17 bits per heavy atom. The smallest absolute Gasteiger partial charge is 0.0459 e. The fraction of sp³-hybridized carbons (Fsp3) is 1.00. The minimum Gasteiger partial charge on any atom is -0.396 e. The lowest BCUT2D eigenvalue weighted by Gasteiger charge is -2.15. The Balaban J connectivity index is 2.17. The molecule has 0 amide bonds. The average Bonchev–Trinajstić information content (AvgIpc) is 2.14. The second-order valence-corrected chi connectivity index (χ2v) is 4.10. The van der Waals surface area contributed by atoms with Crippen LogP contribution < -0.4 is 0 Å². The van der Waals surface area contributed by atoms with Gasteiger partial charge >= 0.3 is 0 Å². The van der Waals surface area contributed by atoms with E-state index in [1.165, 1.54) is 57.8 Å². The van der Waals surface area contributed by atoms with E-state index in [4.69, 9.17) is 5.11 Å². The predicted octanol–water partition coefficient (Wildman–Crippen LogP) is 3.12. The molecule has 1 heteroatoms. The molecule has 12 heavy (non-hydrogen) atoms. The zero-order chi connectivity index (χ0) is 8.65. The van der Waals surface area contributed by atoms with Crippen LogP contribution in [0.5, 0.6) is 0 Å². The van der Waals surface area contributed by atoms with Crippen LogP contribution in [-0.4, -0.2) is 11.7 Å². The van der Waals surface area contributed by atoms with E-state index >= 15 is 0 Å². The zero-order valence-electron chi connectivity index (χ0n) is 8.10. The molecule has 0 atom stereocenters. The van der Waals surface area contributed by atoms with E-state index in [-0.39, 0.29) is 0 Å². The summed E-state index contributed by atoms with van der Waals surface area (Å²) in [5.74, 6) is 0.614. The normalized spacial score (nSPS) is 23.8. The second kappa shape index (κ2) is 6.47. The third-order valence-electron chi connectivity index (χ3n) is 2.98. The maximum absolute atomic E-state index is 9.07. The molecule has 72 valence electrons. The van der Waals surface area contributed by atoms with Gasteiger partial charge in [0.05, 0.1) is 0 Å². The van der Waals surface area contributed by atoms with E-state index in [0.717, 1.165) is 0 Å². The Bertz CT molecular complexity index is 91.2. The van der Waals surface area contributed by atoms with Gasteiger partial charge in [0.15, 0.2) is 0 Å². The molecule has 0 heterocycles. The molecule has 0 radical (unpaired) electrons. The van der Waals surface area contributed by atoms with Gasteiger partial charge in [-0.2, -0.15) is 0 Å². The number of aliphatic hydroxyl groups is 1. The van der Waals surface area contributed by atoms with Crippen molar-refractivity contribution < 1.29 is 5.11 Å². The number of hydrogen-bond donors (Lipinski definition) is 1. The Kier molecular flexibility index (Phi) is 5.42. The van der Waals surface area contributed by atoms with Crippen molar-refractivity contribution in [3.05, 3.63) is 0 Å². The molecule has 0 bridgehead atoms. The van der Waals surface area contributed by atoms with E-state index < -0.39 is 0 Å². The van der Waals surface area contributed by atoms with Crippen LogP contribution in [0.4, 0.5) is 0 Å². The number of hydrogen-bond acceptors (Lipinski definition) is 1. The first-order valence-corrected chi connectivity index (χ1v) is 5.54. The van der Waals surface area contributed by atoms with E-state index in [2.05, 4.69) is 0 Å². The minimum atomic E-state index is 0.417. The Labute approximate surface area is 76.2 Å². The third-order valence-corrected chi connectivity index (χ3v) is 2.98. The van der Waals surface area contributed by atoms with Crippen molar-refractivity contribution in [2.45, 2.75) is 57.8 Å². The standard InChI is InChI=1S/C11H22O/c12-10-11-8-6-4-2-1-3-5-7-9-11/h11-12H,1-10H2. The maximum atomic E-state index is 9.07. The molecule has 0 aromatic heterocycles. The predicted molar refractivity (Wildman–Crippen MR) is 52.1 cm³/mol. The second-order valence-electron chi connectivity index (χ2n) is 4.10. The van der Waals surface area contributed by atoms with Crippen LogP contribution in [0.15, 0.2) is 0 Å². The van der Waals surface area contributed by atoms with Crippen LogP contribution in [0.2, 0.25) is 0 Å². The molecule has 0 unspecified atom stereocenters. The van der Waals surface area contributed by atoms with Crippen LogP contribution in [-0.2, 0) is 0 Å². The SMILES string of the molecule is OCC1CCCCCCCCC1. The highest BCUT2D eigenvalue weighted by Crippen LogP contribution is 2.20. The van der Waals surface area contributed by atoms with Crippen LogP contribution in [0, 0.1) is 5.92 Å². The van der Waals surface area contributed by atoms with Gasteiger partial charge in [-0.05, 0) is 18.8 Å². The highest BCUT2D eigenvalue weighted by atomic mass is 16.3. The molecule has 1 fully saturated rings. The maximum Gasteiger partial charge on any atom is 0.0459 e. The summed E-state index contributed by atoms with van der Waals surface area (Å²) in [4.78, 5) is 0. The summed E-state index contributed by atoms with van der Waals surface area (Å²) in [5, 5.41) is 9.07. The van der Waals surface area contributed by atoms with Gasteiger partial charge in [-0.25, -0.2) is 0 Å². The van der Waals surface area contributed by atoms with Gasteiger partial charge in [-0.1, -0.05) is 44.9 Å². The van der Waals surface area contributed by atoms with Gasteiger partial charge in [0.1, 0.15) is 0 Å². The van der Waals surface area contributed by atoms with Gasteiger partial charge in [0.25, 0.3) is 0 Å². The van der Waals surface area contributed by atoms with Crippen molar-refractivity contribution in [1.29, 1.82) is 0 Å². The van der Waals surface area contributed by atoms with Crippen LogP contribution in [0.1, 0.15) is 57.8 Å². The minimum absolute atomic E-state index is 0.417. The lowest BCUT2D eigenvalue weighted by Crippen LogP contribution is -2.06. The van der Waals surface area contributed by atoms with Crippen molar-refractivity contribution in [1.82, 2.24) is 0 Å². The van der Waals surface area contributed by atoms with Crippen molar-refractivity contribution in [2.24, 2.45) is 5.92 Å². The lowest BCUT2D eigenvalue weighted by molar-refractivity contribution is 0.202. The quantitative estimate of drug-likeness (QED) is 0.641. The summed E-state index contributed by atoms with van der Waals surface area (Å²) < 4.78 is 0. The summed E-state index contributed by atoms with van der Waals surface area (Å²) in [6, 6.07) is 0. The highest BCUT2D eigenvalue weighted by Gasteiger charge is 2.07. The fourth-order valence-corrected chi connectivity index (χ4v) is 2.08. The Hall–Kier alpha value is -0.0400. The van der Waals surface area contributed by atoms with Gasteiger partial charge in [-0.15, -0.1) is 0 Å². The van der Waals surface area contributed by atoms with Crippen LogP contribution >= 0.6 is 0 Å².